The summed E-state index contributed by atoms with van der Waals surface area (Å²) in [5, 5.41) is 0. The van der Waals surface area contributed by atoms with Crippen molar-refractivity contribution in [3.05, 3.63) is 113 Å². The highest BCUT2D eigenvalue weighted by molar-refractivity contribution is 5.74. The van der Waals surface area contributed by atoms with E-state index < -0.39 is 11.6 Å². The molecule has 0 heterocycles. The summed E-state index contributed by atoms with van der Waals surface area (Å²) in [5.41, 5.74) is 4.03. The van der Waals surface area contributed by atoms with Gasteiger partial charge in [-0.15, -0.1) is 0 Å². The summed E-state index contributed by atoms with van der Waals surface area (Å²) >= 11 is 0. The molecule has 1 nitrogen and oxygen atoms in total. The molecule has 0 saturated carbocycles. The third-order valence-electron chi connectivity index (χ3n) is 5.40. The Bertz CT molecular complexity index is 1290. The second-order valence-electron chi connectivity index (χ2n) is 7.73. The Morgan fingerprint density at radius 3 is 2.00 bits per heavy atom. The van der Waals surface area contributed by atoms with E-state index in [1.807, 2.05) is 26.0 Å². The van der Waals surface area contributed by atoms with E-state index in [4.69, 9.17) is 4.74 Å². The first-order valence-electron chi connectivity index (χ1n) is 10.7. The molecule has 4 aromatic carbocycles. The van der Waals surface area contributed by atoms with Crippen molar-refractivity contribution in [2.24, 2.45) is 0 Å². The predicted molar refractivity (Wildman–Crippen MR) is 128 cm³/mol. The molecule has 0 N–H and O–H groups in total. The lowest BCUT2D eigenvalue weighted by atomic mass is 10.0. The van der Waals surface area contributed by atoms with Crippen LogP contribution in [0.5, 0.6) is 5.75 Å². The van der Waals surface area contributed by atoms with E-state index in [9.17, 15) is 13.2 Å². The Morgan fingerprint density at radius 2 is 1.33 bits per heavy atom. The van der Waals surface area contributed by atoms with Crippen LogP contribution in [0.3, 0.4) is 0 Å². The van der Waals surface area contributed by atoms with Crippen LogP contribution in [0, 0.1) is 24.4 Å². The minimum atomic E-state index is -0.891. The Morgan fingerprint density at radius 1 is 0.697 bits per heavy atom. The molecule has 0 fully saturated rings. The fraction of sp³-hybridized carbons (Fsp3) is 0.103. The Labute approximate surface area is 191 Å². The highest BCUT2D eigenvalue weighted by Gasteiger charge is 2.13. The molecule has 166 valence electrons. The van der Waals surface area contributed by atoms with Crippen LogP contribution in [0.25, 0.3) is 34.4 Å². The van der Waals surface area contributed by atoms with Crippen molar-refractivity contribution < 1.29 is 17.9 Å². The molecule has 0 saturated heterocycles. The van der Waals surface area contributed by atoms with Gasteiger partial charge in [-0.25, -0.2) is 13.2 Å². The zero-order valence-corrected chi connectivity index (χ0v) is 18.4. The topological polar surface area (TPSA) is 9.23 Å². The molecule has 0 aromatic heterocycles. The highest BCUT2D eigenvalue weighted by Crippen LogP contribution is 2.29. The van der Waals surface area contributed by atoms with Gasteiger partial charge in [0.1, 0.15) is 11.6 Å². The third kappa shape index (κ3) is 5.01. The number of hydrogen-bond donors (Lipinski definition) is 0. The summed E-state index contributed by atoms with van der Waals surface area (Å²) in [7, 11) is 0. The average Bonchev–Trinajstić information content (AvgIpc) is 2.82. The molecule has 0 aliphatic heterocycles. The van der Waals surface area contributed by atoms with Crippen molar-refractivity contribution in [2.45, 2.75) is 13.8 Å². The monoisotopic (exact) mass is 444 g/mol. The van der Waals surface area contributed by atoms with Crippen LogP contribution in [0.15, 0.2) is 78.9 Å². The number of rotatable bonds is 6. The van der Waals surface area contributed by atoms with Gasteiger partial charge < -0.3 is 4.74 Å². The van der Waals surface area contributed by atoms with E-state index in [0.717, 1.165) is 11.1 Å². The van der Waals surface area contributed by atoms with Gasteiger partial charge >= 0.3 is 0 Å². The summed E-state index contributed by atoms with van der Waals surface area (Å²) in [6, 6.07) is 22.4. The molecule has 0 bridgehead atoms. The largest absolute Gasteiger partial charge is 0.494 e. The third-order valence-corrected chi connectivity index (χ3v) is 5.40. The Hall–Kier alpha value is -3.79. The molecule has 0 atom stereocenters. The maximum atomic E-state index is 14.7. The minimum Gasteiger partial charge on any atom is -0.494 e. The molecule has 0 spiro atoms. The van der Waals surface area contributed by atoms with E-state index in [2.05, 4.69) is 0 Å². The molecule has 0 amide bonds. The summed E-state index contributed by atoms with van der Waals surface area (Å²) in [6.07, 6.45) is 3.23. The molecule has 0 aliphatic rings. The van der Waals surface area contributed by atoms with E-state index in [-0.39, 0.29) is 16.9 Å². The van der Waals surface area contributed by atoms with Gasteiger partial charge in [-0.1, -0.05) is 78.4 Å². The van der Waals surface area contributed by atoms with Crippen molar-refractivity contribution in [2.75, 3.05) is 6.61 Å². The lowest BCUT2D eigenvalue weighted by Crippen LogP contribution is -1.93. The van der Waals surface area contributed by atoms with Crippen LogP contribution in [0.1, 0.15) is 23.6 Å². The standard InChI is InChI=1S/C29H23F3O/c1-3-33-24-15-17-25(27(30)18-24)21-11-6-20(7-12-21)8-13-23-14-16-26(29(32)28(23)31)22-9-4-19(2)5-10-22/h4-18H,3H2,1-2H3/b13-8+. The summed E-state index contributed by atoms with van der Waals surface area (Å²) in [4.78, 5) is 0. The maximum absolute atomic E-state index is 14.7. The van der Waals surface area contributed by atoms with Gasteiger partial charge in [-0.05, 0) is 42.7 Å². The van der Waals surface area contributed by atoms with Crippen LogP contribution in [-0.4, -0.2) is 6.61 Å². The SMILES string of the molecule is CCOc1ccc(-c2ccc(/C=C/c3ccc(-c4ccc(C)cc4)c(F)c3F)cc2)c(F)c1. The van der Waals surface area contributed by atoms with Gasteiger partial charge in [0, 0.05) is 22.8 Å². The van der Waals surface area contributed by atoms with Gasteiger partial charge in [-0.2, -0.15) is 0 Å². The highest BCUT2D eigenvalue weighted by atomic mass is 19.2. The average molecular weight is 444 g/mol. The van der Waals surface area contributed by atoms with Crippen LogP contribution in [0.2, 0.25) is 0 Å². The molecule has 4 heteroatoms. The maximum Gasteiger partial charge on any atom is 0.167 e. The van der Waals surface area contributed by atoms with E-state index >= 15 is 0 Å². The van der Waals surface area contributed by atoms with Gasteiger partial charge in [-0.3, -0.25) is 0 Å². The quantitative estimate of drug-likeness (QED) is 0.272. The van der Waals surface area contributed by atoms with Crippen LogP contribution >= 0.6 is 0 Å². The minimum absolute atomic E-state index is 0.157. The molecular formula is C29H23F3O. The van der Waals surface area contributed by atoms with Gasteiger partial charge in [0.15, 0.2) is 11.6 Å². The first kappa shape index (κ1) is 22.4. The van der Waals surface area contributed by atoms with Crippen molar-refractivity contribution in [3.63, 3.8) is 0 Å². The zero-order chi connectivity index (χ0) is 23.4. The molecule has 4 rings (SSSR count). The number of benzene rings is 4. The summed E-state index contributed by atoms with van der Waals surface area (Å²) in [5.74, 6) is -1.64. The first-order valence-corrected chi connectivity index (χ1v) is 10.7. The number of ether oxygens (including phenoxy) is 1. The molecule has 0 unspecified atom stereocenters. The molecule has 4 aromatic rings. The van der Waals surface area contributed by atoms with Crippen molar-refractivity contribution in [3.8, 4) is 28.0 Å². The smallest absolute Gasteiger partial charge is 0.167 e. The first-order chi connectivity index (χ1) is 16.0. The number of halogens is 3. The Kier molecular flexibility index (Phi) is 6.64. The van der Waals surface area contributed by atoms with Crippen LogP contribution in [-0.2, 0) is 0 Å². The second kappa shape index (κ2) is 9.78. The van der Waals surface area contributed by atoms with Crippen LogP contribution in [0.4, 0.5) is 13.2 Å². The van der Waals surface area contributed by atoms with Crippen LogP contribution < -0.4 is 4.74 Å². The van der Waals surface area contributed by atoms with E-state index in [0.29, 0.717) is 29.0 Å². The van der Waals surface area contributed by atoms with Crippen molar-refractivity contribution in [1.29, 1.82) is 0 Å². The number of hydrogen-bond acceptors (Lipinski definition) is 1. The lowest BCUT2D eigenvalue weighted by Gasteiger charge is -2.08. The normalized spacial score (nSPS) is 11.2. The fourth-order valence-corrected chi connectivity index (χ4v) is 3.60. The fourth-order valence-electron chi connectivity index (χ4n) is 3.60. The van der Waals surface area contributed by atoms with Gasteiger partial charge in [0.05, 0.1) is 6.61 Å². The molecule has 0 radical (unpaired) electrons. The summed E-state index contributed by atoms with van der Waals surface area (Å²) < 4.78 is 49.1. The van der Waals surface area contributed by atoms with E-state index in [1.165, 1.54) is 12.1 Å². The van der Waals surface area contributed by atoms with Gasteiger partial charge in [0.2, 0.25) is 0 Å². The summed E-state index contributed by atoms with van der Waals surface area (Å²) in [6.45, 7) is 4.26. The lowest BCUT2D eigenvalue weighted by molar-refractivity contribution is 0.338. The zero-order valence-electron chi connectivity index (χ0n) is 18.4. The second-order valence-corrected chi connectivity index (χ2v) is 7.73. The van der Waals surface area contributed by atoms with Crippen molar-refractivity contribution in [1.82, 2.24) is 0 Å². The predicted octanol–water partition coefficient (Wildman–Crippen LogP) is 8.32. The molecular weight excluding hydrogens is 421 g/mol. The number of aryl methyl sites for hydroxylation is 1. The Balaban J connectivity index is 1.54. The molecule has 33 heavy (non-hydrogen) atoms. The van der Waals surface area contributed by atoms with Crippen molar-refractivity contribution >= 4 is 12.2 Å². The molecule has 0 aliphatic carbocycles. The van der Waals surface area contributed by atoms with Gasteiger partial charge in [0.25, 0.3) is 0 Å². The van der Waals surface area contributed by atoms with E-state index in [1.54, 1.807) is 66.7 Å².